The Bertz CT molecular complexity index is 1480. The Labute approximate surface area is 213 Å². The minimum Gasteiger partial charge on any atom is -0.478 e. The van der Waals surface area contributed by atoms with Crippen LogP contribution in [-0.4, -0.2) is 49.2 Å². The van der Waals surface area contributed by atoms with Crippen molar-refractivity contribution in [1.82, 2.24) is 20.2 Å². The van der Waals surface area contributed by atoms with E-state index in [4.69, 9.17) is 4.98 Å². The number of aromatic carboxylic acids is 1. The van der Waals surface area contributed by atoms with E-state index in [0.717, 1.165) is 42.3 Å². The van der Waals surface area contributed by atoms with Crippen molar-refractivity contribution < 1.29 is 14.7 Å². The maximum absolute atomic E-state index is 13.7. The SMILES string of the molecule is C[C@@H]1C(=O)N(c2ccc(C(=O)O)cc2)c2cnc(Nc3ccc4[nH]ncc4c3)nc2N1C1CCCCC1. The third-order valence-corrected chi connectivity index (χ3v) is 7.27. The van der Waals surface area contributed by atoms with Crippen molar-refractivity contribution in [3.63, 3.8) is 0 Å². The molecule has 1 saturated carbocycles. The van der Waals surface area contributed by atoms with Crippen LogP contribution in [0.15, 0.2) is 54.9 Å². The summed E-state index contributed by atoms with van der Waals surface area (Å²) in [5, 5.41) is 20.6. The number of fused-ring (bicyclic) bond motifs is 2. The van der Waals surface area contributed by atoms with Crippen molar-refractivity contribution in [2.75, 3.05) is 15.1 Å². The number of carboxylic acids is 1. The van der Waals surface area contributed by atoms with E-state index in [1.807, 2.05) is 25.1 Å². The fourth-order valence-corrected chi connectivity index (χ4v) is 5.40. The molecule has 2 aliphatic rings. The Hall–Kier alpha value is -4.47. The largest absolute Gasteiger partial charge is 0.478 e. The molecule has 188 valence electrons. The average Bonchev–Trinajstić information content (AvgIpc) is 3.38. The van der Waals surface area contributed by atoms with Crippen molar-refractivity contribution in [2.45, 2.75) is 51.1 Å². The molecule has 2 aromatic heterocycles. The molecule has 1 atom stereocenters. The van der Waals surface area contributed by atoms with Crippen LogP contribution in [0.4, 0.5) is 28.8 Å². The first-order valence-electron chi connectivity index (χ1n) is 12.5. The number of rotatable bonds is 5. The van der Waals surface area contributed by atoms with E-state index < -0.39 is 12.0 Å². The van der Waals surface area contributed by atoms with Gasteiger partial charge in [0.1, 0.15) is 11.7 Å². The maximum Gasteiger partial charge on any atom is 0.335 e. The monoisotopic (exact) mass is 497 g/mol. The normalized spacial score (nSPS) is 18.2. The van der Waals surface area contributed by atoms with Crippen LogP contribution in [-0.2, 0) is 4.79 Å². The van der Waals surface area contributed by atoms with Crippen LogP contribution < -0.4 is 15.1 Å². The molecule has 2 aromatic carbocycles. The van der Waals surface area contributed by atoms with Gasteiger partial charge in [-0.25, -0.2) is 9.78 Å². The van der Waals surface area contributed by atoms with Crippen LogP contribution in [0, 0.1) is 0 Å². The number of hydrogen-bond donors (Lipinski definition) is 3. The predicted octanol–water partition coefficient (Wildman–Crippen LogP) is 5.00. The lowest BCUT2D eigenvalue weighted by Gasteiger charge is -2.45. The summed E-state index contributed by atoms with van der Waals surface area (Å²) in [6, 6.07) is 12.0. The summed E-state index contributed by atoms with van der Waals surface area (Å²) in [5.41, 5.74) is 3.11. The van der Waals surface area contributed by atoms with Gasteiger partial charge in [-0.3, -0.25) is 14.8 Å². The lowest BCUT2D eigenvalue weighted by Crippen LogP contribution is -2.55. The zero-order valence-electron chi connectivity index (χ0n) is 20.4. The Balaban J connectivity index is 1.42. The first-order chi connectivity index (χ1) is 18.0. The third-order valence-electron chi connectivity index (χ3n) is 7.27. The Morgan fingerprint density at radius 1 is 1.08 bits per heavy atom. The van der Waals surface area contributed by atoms with E-state index in [0.29, 0.717) is 23.1 Å². The summed E-state index contributed by atoms with van der Waals surface area (Å²) >= 11 is 0. The number of benzene rings is 2. The maximum atomic E-state index is 13.7. The molecule has 3 N–H and O–H groups in total. The van der Waals surface area contributed by atoms with Crippen molar-refractivity contribution >= 4 is 51.6 Å². The molecule has 0 unspecified atom stereocenters. The van der Waals surface area contributed by atoms with Crippen LogP contribution in [0.3, 0.4) is 0 Å². The van der Waals surface area contributed by atoms with E-state index >= 15 is 0 Å². The van der Waals surface area contributed by atoms with Gasteiger partial charge in [-0.2, -0.15) is 10.1 Å². The van der Waals surface area contributed by atoms with E-state index in [1.54, 1.807) is 29.4 Å². The topological polar surface area (TPSA) is 127 Å². The van der Waals surface area contributed by atoms with Gasteiger partial charge in [-0.05, 0) is 62.2 Å². The van der Waals surface area contributed by atoms with Crippen molar-refractivity contribution in [3.8, 4) is 0 Å². The predicted molar refractivity (Wildman–Crippen MR) is 141 cm³/mol. The van der Waals surface area contributed by atoms with E-state index in [9.17, 15) is 14.7 Å². The van der Waals surface area contributed by atoms with Crippen LogP contribution in [0.1, 0.15) is 49.4 Å². The summed E-state index contributed by atoms with van der Waals surface area (Å²) < 4.78 is 0. The summed E-state index contributed by atoms with van der Waals surface area (Å²) in [7, 11) is 0. The zero-order valence-corrected chi connectivity index (χ0v) is 20.4. The first-order valence-corrected chi connectivity index (χ1v) is 12.5. The van der Waals surface area contributed by atoms with Crippen LogP contribution >= 0.6 is 0 Å². The Kier molecular flexibility index (Phi) is 5.71. The highest BCUT2D eigenvalue weighted by molar-refractivity contribution is 6.10. The van der Waals surface area contributed by atoms with E-state index in [2.05, 4.69) is 25.4 Å². The zero-order chi connectivity index (χ0) is 25.5. The lowest BCUT2D eigenvalue weighted by atomic mass is 9.92. The number of hydrogen-bond acceptors (Lipinski definition) is 7. The highest BCUT2D eigenvalue weighted by Crippen LogP contribution is 2.42. The summed E-state index contributed by atoms with van der Waals surface area (Å²) in [6.07, 6.45) is 8.90. The van der Waals surface area contributed by atoms with Gasteiger partial charge in [0.25, 0.3) is 5.91 Å². The molecule has 0 radical (unpaired) electrons. The van der Waals surface area contributed by atoms with Crippen molar-refractivity contribution in [2.24, 2.45) is 0 Å². The number of carbonyl (C=O) groups is 2. The lowest BCUT2D eigenvalue weighted by molar-refractivity contribution is -0.119. The number of nitrogens with one attached hydrogen (secondary N) is 2. The second kappa shape index (κ2) is 9.20. The fourth-order valence-electron chi connectivity index (χ4n) is 5.40. The second-order valence-electron chi connectivity index (χ2n) is 9.60. The van der Waals surface area contributed by atoms with Gasteiger partial charge in [0, 0.05) is 22.8 Å². The molecule has 1 aliphatic carbocycles. The van der Waals surface area contributed by atoms with Gasteiger partial charge >= 0.3 is 5.97 Å². The van der Waals surface area contributed by atoms with Gasteiger partial charge < -0.3 is 15.3 Å². The van der Waals surface area contributed by atoms with E-state index in [-0.39, 0.29) is 17.5 Å². The molecule has 0 saturated heterocycles. The van der Waals surface area contributed by atoms with Crippen molar-refractivity contribution in [3.05, 3.63) is 60.4 Å². The molecule has 4 aromatic rings. The molecule has 3 heterocycles. The molecular formula is C27H27N7O3. The fraction of sp³-hybridized carbons (Fsp3) is 0.296. The number of aromatic amines is 1. The summed E-state index contributed by atoms with van der Waals surface area (Å²) in [6.45, 7) is 1.92. The first kappa shape index (κ1) is 23.0. The molecule has 10 heteroatoms. The number of H-pyrrole nitrogens is 1. The molecule has 6 rings (SSSR count). The standard InChI is InChI=1S/C27H27N7O3/c1-16-25(35)34(21-10-7-17(8-11-21)26(36)37)23-15-28-27(30-19-9-12-22-18(13-19)14-29-32-22)31-24(23)33(16)20-5-3-2-4-6-20/h7-16,20H,2-6H2,1H3,(H,29,32)(H,36,37)(H,28,30,31)/t16-/m1/s1. The molecular weight excluding hydrogens is 470 g/mol. The van der Waals surface area contributed by atoms with Gasteiger partial charge in [0.05, 0.1) is 23.5 Å². The number of aromatic nitrogens is 4. The minimum absolute atomic E-state index is 0.0872. The van der Waals surface area contributed by atoms with Crippen LogP contribution in [0.2, 0.25) is 0 Å². The highest BCUT2D eigenvalue weighted by atomic mass is 16.4. The average molecular weight is 498 g/mol. The van der Waals surface area contributed by atoms with Gasteiger partial charge in [-0.15, -0.1) is 0 Å². The quantitative estimate of drug-likeness (QED) is 0.351. The summed E-state index contributed by atoms with van der Waals surface area (Å²) in [4.78, 5) is 38.3. The van der Waals surface area contributed by atoms with Crippen LogP contribution in [0.5, 0.6) is 0 Å². The summed E-state index contributed by atoms with van der Waals surface area (Å²) in [5.74, 6) is 0.0330. The number of nitrogens with zero attached hydrogens (tertiary/aromatic N) is 5. The molecule has 37 heavy (non-hydrogen) atoms. The van der Waals surface area contributed by atoms with E-state index in [1.165, 1.54) is 18.6 Å². The molecule has 1 fully saturated rings. The smallest absolute Gasteiger partial charge is 0.335 e. The molecule has 10 nitrogen and oxygen atoms in total. The van der Waals surface area contributed by atoms with Gasteiger partial charge in [0.15, 0.2) is 5.82 Å². The molecule has 0 bridgehead atoms. The number of carbonyl (C=O) groups excluding carboxylic acids is 1. The third kappa shape index (κ3) is 4.14. The minimum atomic E-state index is -1.01. The number of carboxylic acid groups (broad SMARTS) is 1. The molecule has 1 amide bonds. The second-order valence-corrected chi connectivity index (χ2v) is 9.60. The van der Waals surface area contributed by atoms with Crippen LogP contribution in [0.25, 0.3) is 10.9 Å². The van der Waals surface area contributed by atoms with Gasteiger partial charge in [-0.1, -0.05) is 19.3 Å². The Morgan fingerprint density at radius 3 is 2.62 bits per heavy atom. The number of amides is 1. The van der Waals surface area contributed by atoms with Gasteiger partial charge in [0.2, 0.25) is 5.95 Å². The molecule has 1 aliphatic heterocycles. The van der Waals surface area contributed by atoms with Crippen molar-refractivity contribution in [1.29, 1.82) is 0 Å². The Morgan fingerprint density at radius 2 is 1.86 bits per heavy atom. The highest BCUT2D eigenvalue weighted by Gasteiger charge is 2.41. The molecule has 0 spiro atoms. The number of anilines is 5.